The maximum atomic E-state index is 11.4. The zero-order valence-corrected chi connectivity index (χ0v) is 8.50. The van der Waals surface area contributed by atoms with E-state index < -0.39 is 10.0 Å². The van der Waals surface area contributed by atoms with Gasteiger partial charge in [-0.05, 0) is 6.92 Å². The quantitative estimate of drug-likeness (QED) is 0.583. The molecular formula is C7H15N2O2S+. The first-order valence-corrected chi connectivity index (χ1v) is 5.73. The average molecular weight is 191 g/mol. The van der Waals surface area contributed by atoms with E-state index in [1.165, 1.54) is 6.26 Å². The van der Waals surface area contributed by atoms with Gasteiger partial charge in [-0.2, -0.15) is 12.3 Å². The molecule has 0 aromatic heterocycles. The molecule has 4 nitrogen and oxygen atoms in total. The van der Waals surface area contributed by atoms with Gasteiger partial charge in [-0.15, -0.1) is 0 Å². The van der Waals surface area contributed by atoms with Crippen LogP contribution in [-0.2, 0) is 10.0 Å². The zero-order valence-electron chi connectivity index (χ0n) is 7.69. The number of sulfonamides is 1. The van der Waals surface area contributed by atoms with Crippen LogP contribution in [0.4, 0.5) is 0 Å². The lowest BCUT2D eigenvalue weighted by atomic mass is 10.6. The van der Waals surface area contributed by atoms with Gasteiger partial charge >= 0.3 is 0 Å². The van der Waals surface area contributed by atoms with E-state index in [0.717, 1.165) is 0 Å². The molecule has 1 aliphatic heterocycles. The summed E-state index contributed by atoms with van der Waals surface area (Å²) < 4.78 is 22.9. The van der Waals surface area contributed by atoms with E-state index in [1.54, 1.807) is 6.20 Å². The lowest BCUT2D eigenvalue weighted by Crippen LogP contribution is -2.48. The van der Waals surface area contributed by atoms with Crippen LogP contribution in [0, 0.1) is 0 Å². The van der Waals surface area contributed by atoms with Gasteiger partial charge in [0.2, 0.25) is 0 Å². The highest BCUT2D eigenvalue weighted by Crippen LogP contribution is 2.21. The summed E-state index contributed by atoms with van der Waals surface area (Å²) in [7, 11) is -1.17. The largest absolute Gasteiger partial charge is 0.328 e. The summed E-state index contributed by atoms with van der Waals surface area (Å²) in [5.41, 5.74) is 0. The Morgan fingerprint density at radius 1 is 1.58 bits per heavy atom. The molecule has 1 rings (SSSR count). The Labute approximate surface area is 73.7 Å². The summed E-state index contributed by atoms with van der Waals surface area (Å²) in [5.74, 6) is 0. The highest BCUT2D eigenvalue weighted by Gasteiger charge is 2.38. The van der Waals surface area contributed by atoms with Gasteiger partial charge in [-0.25, -0.2) is 0 Å². The number of rotatable bonds is 2. The Bertz CT molecular complexity index is 297. The molecule has 0 aromatic rings. The van der Waals surface area contributed by atoms with Crippen molar-refractivity contribution in [2.24, 2.45) is 0 Å². The third-order valence-corrected chi connectivity index (χ3v) is 4.07. The van der Waals surface area contributed by atoms with Crippen LogP contribution < -0.4 is 0 Å². The molecule has 0 aromatic carbocycles. The van der Waals surface area contributed by atoms with Crippen molar-refractivity contribution in [1.82, 2.24) is 4.90 Å². The minimum Gasteiger partial charge on any atom is -0.328 e. The Hall–Kier alpha value is -0.550. The van der Waals surface area contributed by atoms with E-state index in [2.05, 4.69) is 0 Å². The van der Waals surface area contributed by atoms with Crippen molar-refractivity contribution in [2.45, 2.75) is 6.92 Å². The Balaban J connectivity index is 3.03. The zero-order chi connectivity index (χ0) is 9.41. The molecule has 70 valence electrons. The van der Waals surface area contributed by atoms with Gasteiger partial charge in [0, 0.05) is 7.05 Å². The summed E-state index contributed by atoms with van der Waals surface area (Å²) in [6.45, 7) is 2.99. The van der Waals surface area contributed by atoms with Crippen LogP contribution in [0.1, 0.15) is 6.92 Å². The van der Waals surface area contributed by atoms with E-state index in [-0.39, 0.29) is 3.89 Å². The monoisotopic (exact) mass is 191 g/mol. The number of quaternary nitrogens is 1. The minimum atomic E-state index is -3.04. The Morgan fingerprint density at radius 2 is 2.17 bits per heavy atom. The predicted octanol–water partition coefficient (Wildman–Crippen LogP) is 0.157. The molecule has 0 radical (unpaired) electrons. The summed E-state index contributed by atoms with van der Waals surface area (Å²) in [6.07, 6.45) is 4.82. The van der Waals surface area contributed by atoms with E-state index in [9.17, 15) is 8.42 Å². The summed E-state index contributed by atoms with van der Waals surface area (Å²) in [6, 6.07) is 0. The van der Waals surface area contributed by atoms with Crippen molar-refractivity contribution < 1.29 is 12.3 Å². The molecule has 1 unspecified atom stereocenters. The maximum Gasteiger partial charge on any atom is 0.299 e. The molecule has 0 amide bonds. The van der Waals surface area contributed by atoms with E-state index in [4.69, 9.17) is 0 Å². The van der Waals surface area contributed by atoms with Crippen LogP contribution in [-0.4, -0.2) is 43.7 Å². The molecule has 12 heavy (non-hydrogen) atoms. The van der Waals surface area contributed by atoms with Crippen LogP contribution in [0.2, 0.25) is 0 Å². The Kier molecular flexibility index (Phi) is 2.18. The SMILES string of the molecule is CC[N+]1(S(C)(=O)=O)C=CN(C)C1. The van der Waals surface area contributed by atoms with Crippen LogP contribution >= 0.6 is 0 Å². The van der Waals surface area contributed by atoms with Crippen LogP contribution in [0.15, 0.2) is 12.4 Å². The number of nitrogens with zero attached hydrogens (tertiary/aromatic N) is 2. The smallest absolute Gasteiger partial charge is 0.299 e. The number of hydrogen-bond donors (Lipinski definition) is 0. The molecule has 0 fully saturated rings. The normalized spacial score (nSPS) is 29.8. The second-order valence-electron chi connectivity index (χ2n) is 3.20. The molecule has 0 aliphatic carbocycles. The molecule has 1 aliphatic rings. The molecule has 1 heterocycles. The fourth-order valence-corrected chi connectivity index (χ4v) is 2.50. The third kappa shape index (κ3) is 1.34. The molecule has 0 N–H and O–H groups in total. The van der Waals surface area contributed by atoms with E-state index in [1.807, 2.05) is 25.1 Å². The molecular weight excluding hydrogens is 176 g/mol. The summed E-state index contributed by atoms with van der Waals surface area (Å²) in [4.78, 5) is 1.88. The summed E-state index contributed by atoms with van der Waals surface area (Å²) in [5, 5.41) is 0. The highest BCUT2D eigenvalue weighted by molar-refractivity contribution is 7.85. The van der Waals surface area contributed by atoms with Gasteiger partial charge in [0.05, 0.1) is 19.0 Å². The molecule has 0 bridgehead atoms. The van der Waals surface area contributed by atoms with Crippen molar-refractivity contribution in [3.05, 3.63) is 12.4 Å². The van der Waals surface area contributed by atoms with Crippen molar-refractivity contribution in [2.75, 3.05) is 26.5 Å². The fraction of sp³-hybridized carbons (Fsp3) is 0.714. The van der Waals surface area contributed by atoms with Gasteiger partial charge < -0.3 is 4.90 Å². The van der Waals surface area contributed by atoms with Gasteiger partial charge in [0.15, 0.2) is 6.67 Å². The van der Waals surface area contributed by atoms with Crippen LogP contribution in [0.25, 0.3) is 0 Å². The minimum absolute atomic E-state index is 0.0451. The molecule has 1 atom stereocenters. The van der Waals surface area contributed by atoms with Crippen molar-refractivity contribution in [1.29, 1.82) is 0 Å². The van der Waals surface area contributed by atoms with Crippen LogP contribution in [0.3, 0.4) is 0 Å². The average Bonchev–Trinajstić information content (AvgIpc) is 2.31. The summed E-state index contributed by atoms with van der Waals surface area (Å²) >= 11 is 0. The van der Waals surface area contributed by atoms with Crippen LogP contribution in [0.5, 0.6) is 0 Å². The second-order valence-corrected chi connectivity index (χ2v) is 5.39. The van der Waals surface area contributed by atoms with Crippen molar-refractivity contribution in [3.63, 3.8) is 0 Å². The van der Waals surface area contributed by atoms with Gasteiger partial charge in [0.1, 0.15) is 6.20 Å². The topological polar surface area (TPSA) is 37.4 Å². The Morgan fingerprint density at radius 3 is 2.33 bits per heavy atom. The molecule has 0 spiro atoms. The highest BCUT2D eigenvalue weighted by atomic mass is 32.2. The first kappa shape index (κ1) is 9.54. The fourth-order valence-electron chi connectivity index (χ4n) is 1.36. The number of hydrogen-bond acceptors (Lipinski definition) is 3. The second kappa shape index (κ2) is 2.74. The standard InChI is InChI=1S/C7H15N2O2S/c1-4-9(12(3,10)11)6-5-8(2)7-9/h5-6H,4,7H2,1-3H3/q+1. The third-order valence-electron chi connectivity index (χ3n) is 2.25. The molecule has 0 saturated heterocycles. The first-order valence-electron chi connectivity index (χ1n) is 3.88. The van der Waals surface area contributed by atoms with Gasteiger partial charge in [-0.1, -0.05) is 0 Å². The first-order chi connectivity index (χ1) is 5.41. The van der Waals surface area contributed by atoms with Crippen molar-refractivity contribution >= 4 is 10.0 Å². The maximum absolute atomic E-state index is 11.4. The van der Waals surface area contributed by atoms with Gasteiger partial charge in [0.25, 0.3) is 10.0 Å². The lowest BCUT2D eigenvalue weighted by molar-refractivity contribution is -0.751. The predicted molar refractivity (Wildman–Crippen MR) is 47.4 cm³/mol. The molecule has 5 heteroatoms. The van der Waals surface area contributed by atoms with E-state index >= 15 is 0 Å². The van der Waals surface area contributed by atoms with Crippen molar-refractivity contribution in [3.8, 4) is 0 Å². The van der Waals surface area contributed by atoms with Gasteiger partial charge in [-0.3, -0.25) is 0 Å². The lowest BCUT2D eigenvalue weighted by Gasteiger charge is -2.27. The van der Waals surface area contributed by atoms with E-state index in [0.29, 0.717) is 13.2 Å². The molecule has 0 saturated carbocycles.